The van der Waals surface area contributed by atoms with Gasteiger partial charge in [0, 0.05) is 6.54 Å². The summed E-state index contributed by atoms with van der Waals surface area (Å²) < 4.78 is 13.0. The minimum atomic E-state index is -0.713. The average molecular weight is 292 g/mol. The Morgan fingerprint density at radius 2 is 2.29 bits per heavy atom. The van der Waals surface area contributed by atoms with E-state index in [4.69, 9.17) is 5.73 Å². The highest BCUT2D eigenvalue weighted by atomic mass is 19.1. The van der Waals surface area contributed by atoms with E-state index in [0.29, 0.717) is 18.9 Å². The van der Waals surface area contributed by atoms with Gasteiger partial charge in [0.1, 0.15) is 5.82 Å². The molecule has 2 atom stereocenters. The van der Waals surface area contributed by atoms with Crippen molar-refractivity contribution in [1.82, 2.24) is 5.32 Å². The van der Waals surface area contributed by atoms with Crippen molar-refractivity contribution in [2.24, 2.45) is 11.7 Å². The van der Waals surface area contributed by atoms with Crippen LogP contribution in [0.5, 0.6) is 0 Å². The van der Waals surface area contributed by atoms with E-state index in [2.05, 4.69) is 12.2 Å². The van der Waals surface area contributed by atoms with Crippen LogP contribution in [0, 0.1) is 18.7 Å². The van der Waals surface area contributed by atoms with Crippen molar-refractivity contribution < 1.29 is 9.18 Å². The molecule has 0 aromatic heterocycles. The minimum absolute atomic E-state index is 0.0474. The van der Waals surface area contributed by atoms with Crippen LogP contribution >= 0.6 is 0 Å². The molecule has 21 heavy (non-hydrogen) atoms. The molecule has 2 unspecified atom stereocenters. The molecule has 1 aromatic carbocycles. The number of carbonyl (C=O) groups excluding carboxylic acids is 1. The van der Waals surface area contributed by atoms with Crippen LogP contribution in [0.25, 0.3) is 0 Å². The van der Waals surface area contributed by atoms with Crippen LogP contribution in [0.4, 0.5) is 4.39 Å². The second kappa shape index (κ2) is 6.56. The van der Waals surface area contributed by atoms with Gasteiger partial charge in [-0.1, -0.05) is 25.8 Å². The Bertz CT molecular complexity index is 518. The number of hydrogen-bond acceptors (Lipinski definition) is 2. The first-order valence-electron chi connectivity index (χ1n) is 7.73. The number of aryl methyl sites for hydroxylation is 1. The Kier molecular flexibility index (Phi) is 4.99. The first-order valence-corrected chi connectivity index (χ1v) is 7.73. The van der Waals surface area contributed by atoms with Gasteiger partial charge in [-0.3, -0.25) is 4.79 Å². The van der Waals surface area contributed by atoms with E-state index < -0.39 is 5.54 Å². The second-order valence-corrected chi connectivity index (χ2v) is 6.43. The first kappa shape index (κ1) is 16.0. The molecule has 1 aliphatic carbocycles. The summed E-state index contributed by atoms with van der Waals surface area (Å²) in [5.41, 5.74) is 7.52. The molecule has 0 spiro atoms. The van der Waals surface area contributed by atoms with E-state index in [1.165, 1.54) is 12.1 Å². The summed E-state index contributed by atoms with van der Waals surface area (Å²) in [5.74, 6) is 0.236. The van der Waals surface area contributed by atoms with Crippen molar-refractivity contribution in [1.29, 1.82) is 0 Å². The predicted molar refractivity (Wildman–Crippen MR) is 82.4 cm³/mol. The first-order chi connectivity index (χ1) is 9.90. The standard InChI is InChI=1S/C17H25FN2O/c1-12-4-3-8-17(19,11-12)16(21)20-9-7-14-5-6-15(18)10-13(14)2/h5-6,10,12H,3-4,7-9,11,19H2,1-2H3,(H,20,21). The fourth-order valence-corrected chi connectivity index (χ4v) is 3.22. The number of rotatable bonds is 4. The topological polar surface area (TPSA) is 55.1 Å². The molecule has 1 aromatic rings. The van der Waals surface area contributed by atoms with Gasteiger partial charge in [0.15, 0.2) is 0 Å². The molecular weight excluding hydrogens is 267 g/mol. The third kappa shape index (κ3) is 4.03. The molecule has 0 saturated heterocycles. The highest BCUT2D eigenvalue weighted by molar-refractivity contribution is 5.86. The summed E-state index contributed by atoms with van der Waals surface area (Å²) in [6.45, 7) is 4.57. The number of hydrogen-bond donors (Lipinski definition) is 2. The minimum Gasteiger partial charge on any atom is -0.354 e. The van der Waals surface area contributed by atoms with Crippen LogP contribution in [-0.2, 0) is 11.2 Å². The van der Waals surface area contributed by atoms with Crippen LogP contribution in [0.1, 0.15) is 43.7 Å². The maximum Gasteiger partial charge on any atom is 0.240 e. The largest absolute Gasteiger partial charge is 0.354 e. The monoisotopic (exact) mass is 292 g/mol. The average Bonchev–Trinajstić information content (AvgIpc) is 2.40. The lowest BCUT2D eigenvalue weighted by Gasteiger charge is -2.35. The van der Waals surface area contributed by atoms with Gasteiger partial charge in [-0.2, -0.15) is 0 Å². The van der Waals surface area contributed by atoms with E-state index in [1.54, 1.807) is 6.07 Å². The number of carbonyl (C=O) groups is 1. The Balaban J connectivity index is 1.86. The lowest BCUT2D eigenvalue weighted by molar-refractivity contribution is -0.128. The smallest absolute Gasteiger partial charge is 0.240 e. The van der Waals surface area contributed by atoms with Gasteiger partial charge in [-0.15, -0.1) is 0 Å². The normalized spacial score (nSPS) is 25.6. The summed E-state index contributed by atoms with van der Waals surface area (Å²) in [7, 11) is 0. The molecule has 1 saturated carbocycles. The van der Waals surface area contributed by atoms with Gasteiger partial charge >= 0.3 is 0 Å². The van der Waals surface area contributed by atoms with Crippen LogP contribution in [0.2, 0.25) is 0 Å². The van der Waals surface area contributed by atoms with E-state index in [1.807, 2.05) is 6.92 Å². The highest BCUT2D eigenvalue weighted by Gasteiger charge is 2.37. The maximum absolute atomic E-state index is 13.0. The van der Waals surface area contributed by atoms with Crippen LogP contribution in [0.15, 0.2) is 18.2 Å². The van der Waals surface area contributed by atoms with Crippen molar-refractivity contribution in [2.75, 3.05) is 6.54 Å². The van der Waals surface area contributed by atoms with Gasteiger partial charge < -0.3 is 11.1 Å². The summed E-state index contributed by atoms with van der Waals surface area (Å²) in [6.07, 6.45) is 4.39. The molecule has 1 aliphatic rings. The number of nitrogens with two attached hydrogens (primary N) is 1. The molecule has 3 N–H and O–H groups in total. The van der Waals surface area contributed by atoms with Crippen molar-refractivity contribution in [3.05, 3.63) is 35.1 Å². The third-order valence-corrected chi connectivity index (χ3v) is 4.47. The summed E-state index contributed by atoms with van der Waals surface area (Å²) >= 11 is 0. The highest BCUT2D eigenvalue weighted by Crippen LogP contribution is 2.30. The van der Waals surface area contributed by atoms with E-state index in [-0.39, 0.29) is 11.7 Å². The lowest BCUT2D eigenvalue weighted by Crippen LogP contribution is -2.56. The van der Waals surface area contributed by atoms with Gasteiger partial charge in [-0.25, -0.2) is 4.39 Å². The van der Waals surface area contributed by atoms with Crippen molar-refractivity contribution >= 4 is 5.91 Å². The van der Waals surface area contributed by atoms with Gasteiger partial charge in [0.2, 0.25) is 5.91 Å². The van der Waals surface area contributed by atoms with Crippen molar-refractivity contribution in [3.8, 4) is 0 Å². The van der Waals surface area contributed by atoms with Crippen LogP contribution in [-0.4, -0.2) is 18.0 Å². The molecule has 2 rings (SSSR count). The molecular formula is C17H25FN2O. The molecule has 0 bridgehead atoms. The van der Waals surface area contributed by atoms with E-state index in [0.717, 1.165) is 36.8 Å². The summed E-state index contributed by atoms with van der Waals surface area (Å²) in [6, 6.07) is 4.75. The van der Waals surface area contributed by atoms with Crippen molar-refractivity contribution in [3.63, 3.8) is 0 Å². The number of benzene rings is 1. The molecule has 0 aliphatic heterocycles. The third-order valence-electron chi connectivity index (χ3n) is 4.47. The molecule has 0 radical (unpaired) electrons. The summed E-state index contributed by atoms with van der Waals surface area (Å²) in [4.78, 5) is 12.3. The fourth-order valence-electron chi connectivity index (χ4n) is 3.22. The van der Waals surface area contributed by atoms with Crippen LogP contribution < -0.4 is 11.1 Å². The molecule has 116 valence electrons. The van der Waals surface area contributed by atoms with Gasteiger partial charge in [0.25, 0.3) is 0 Å². The molecule has 0 heterocycles. The van der Waals surface area contributed by atoms with Gasteiger partial charge in [-0.05, 0) is 55.4 Å². The Morgan fingerprint density at radius 1 is 1.52 bits per heavy atom. The zero-order chi connectivity index (χ0) is 15.5. The Morgan fingerprint density at radius 3 is 2.95 bits per heavy atom. The fraction of sp³-hybridized carbons (Fsp3) is 0.588. The van der Waals surface area contributed by atoms with Crippen molar-refractivity contribution in [2.45, 2.75) is 51.5 Å². The Labute approximate surface area is 126 Å². The van der Waals surface area contributed by atoms with E-state index >= 15 is 0 Å². The number of amides is 1. The number of halogens is 1. The molecule has 1 fully saturated rings. The van der Waals surface area contributed by atoms with Gasteiger partial charge in [0.05, 0.1) is 5.54 Å². The summed E-state index contributed by atoms with van der Waals surface area (Å²) in [5, 5.41) is 2.95. The lowest BCUT2D eigenvalue weighted by atomic mass is 9.76. The quantitative estimate of drug-likeness (QED) is 0.896. The molecule has 4 heteroatoms. The second-order valence-electron chi connectivity index (χ2n) is 6.43. The zero-order valence-corrected chi connectivity index (χ0v) is 12.9. The van der Waals surface area contributed by atoms with Crippen LogP contribution in [0.3, 0.4) is 0 Å². The molecule has 3 nitrogen and oxygen atoms in total. The Hall–Kier alpha value is -1.42. The predicted octanol–water partition coefficient (Wildman–Crippen LogP) is 2.70. The zero-order valence-electron chi connectivity index (χ0n) is 12.9. The van der Waals surface area contributed by atoms with E-state index in [9.17, 15) is 9.18 Å². The number of nitrogens with one attached hydrogen (secondary N) is 1. The SMILES string of the molecule is Cc1cc(F)ccc1CCNC(=O)C1(N)CCCC(C)C1. The molecule has 1 amide bonds. The maximum atomic E-state index is 13.0.